The van der Waals surface area contributed by atoms with Gasteiger partial charge in [0.1, 0.15) is 0 Å². The SMILES string of the molecule is C=CCCCC(C)(C)Br. The van der Waals surface area contributed by atoms with Crippen molar-refractivity contribution in [3.05, 3.63) is 12.7 Å². The topological polar surface area (TPSA) is 0 Å². The molecule has 0 N–H and O–H groups in total. The second-order valence-corrected chi connectivity index (χ2v) is 5.05. The highest BCUT2D eigenvalue weighted by Gasteiger charge is 2.10. The molecule has 0 atom stereocenters. The first kappa shape index (κ1) is 9.22. The van der Waals surface area contributed by atoms with Gasteiger partial charge in [-0.15, -0.1) is 6.58 Å². The summed E-state index contributed by atoms with van der Waals surface area (Å²) >= 11 is 3.57. The Morgan fingerprint density at radius 3 is 2.44 bits per heavy atom. The molecule has 0 aromatic rings. The van der Waals surface area contributed by atoms with Gasteiger partial charge in [-0.3, -0.25) is 0 Å². The first-order valence-corrected chi connectivity index (χ1v) is 4.15. The van der Waals surface area contributed by atoms with E-state index in [1.807, 2.05) is 6.08 Å². The van der Waals surface area contributed by atoms with Crippen LogP contribution in [0.25, 0.3) is 0 Å². The van der Waals surface area contributed by atoms with Gasteiger partial charge < -0.3 is 0 Å². The van der Waals surface area contributed by atoms with Gasteiger partial charge in [-0.25, -0.2) is 0 Å². The van der Waals surface area contributed by atoms with Crippen LogP contribution in [-0.4, -0.2) is 4.32 Å². The maximum absolute atomic E-state index is 3.66. The van der Waals surface area contributed by atoms with E-state index in [1.54, 1.807) is 0 Å². The van der Waals surface area contributed by atoms with E-state index in [-0.39, 0.29) is 0 Å². The number of hydrogen-bond acceptors (Lipinski definition) is 0. The third-order valence-electron chi connectivity index (χ3n) is 1.18. The highest BCUT2D eigenvalue weighted by molar-refractivity contribution is 9.10. The summed E-state index contributed by atoms with van der Waals surface area (Å²) in [6.45, 7) is 8.05. The van der Waals surface area contributed by atoms with Crippen molar-refractivity contribution in [2.24, 2.45) is 0 Å². The van der Waals surface area contributed by atoms with Crippen molar-refractivity contribution < 1.29 is 0 Å². The van der Waals surface area contributed by atoms with Gasteiger partial charge in [0, 0.05) is 4.32 Å². The largest absolute Gasteiger partial charge is 0.103 e. The number of alkyl halides is 1. The number of allylic oxidation sites excluding steroid dienone is 1. The molecule has 0 aromatic carbocycles. The van der Waals surface area contributed by atoms with Crippen LogP contribution in [0, 0.1) is 0 Å². The van der Waals surface area contributed by atoms with Gasteiger partial charge in [-0.2, -0.15) is 0 Å². The van der Waals surface area contributed by atoms with E-state index < -0.39 is 0 Å². The second-order valence-electron chi connectivity index (χ2n) is 2.90. The summed E-state index contributed by atoms with van der Waals surface area (Å²) in [4.78, 5) is 0. The predicted octanol–water partition coefficient (Wildman–Crippen LogP) is 3.52. The Bertz CT molecular complexity index is 79.1. The summed E-state index contributed by atoms with van der Waals surface area (Å²) in [6, 6.07) is 0. The minimum atomic E-state index is 0.315. The van der Waals surface area contributed by atoms with Crippen LogP contribution in [0.4, 0.5) is 0 Å². The van der Waals surface area contributed by atoms with E-state index in [0.29, 0.717) is 4.32 Å². The summed E-state index contributed by atoms with van der Waals surface area (Å²) in [6.07, 6.45) is 5.56. The van der Waals surface area contributed by atoms with Crippen molar-refractivity contribution in [2.75, 3.05) is 0 Å². The average molecular weight is 191 g/mol. The molecule has 0 saturated heterocycles. The standard InChI is InChI=1S/C8H15Br/c1-4-5-6-7-8(2,3)9/h4H,1,5-7H2,2-3H3. The van der Waals surface area contributed by atoms with Crippen molar-refractivity contribution in [1.82, 2.24) is 0 Å². The average Bonchev–Trinajstić information content (AvgIpc) is 1.63. The number of rotatable bonds is 4. The maximum atomic E-state index is 3.66. The van der Waals surface area contributed by atoms with E-state index in [1.165, 1.54) is 12.8 Å². The van der Waals surface area contributed by atoms with Gasteiger partial charge in [-0.05, 0) is 19.3 Å². The molecule has 0 aliphatic rings. The van der Waals surface area contributed by atoms with Crippen molar-refractivity contribution in [3.8, 4) is 0 Å². The highest BCUT2D eigenvalue weighted by Crippen LogP contribution is 2.22. The van der Waals surface area contributed by atoms with E-state index in [2.05, 4.69) is 36.4 Å². The molecule has 9 heavy (non-hydrogen) atoms. The van der Waals surface area contributed by atoms with Gasteiger partial charge in [0.15, 0.2) is 0 Å². The Morgan fingerprint density at radius 2 is 2.11 bits per heavy atom. The second kappa shape index (κ2) is 4.10. The van der Waals surface area contributed by atoms with Crippen LogP contribution >= 0.6 is 15.9 Å². The molecule has 0 radical (unpaired) electrons. The van der Waals surface area contributed by atoms with Crippen molar-refractivity contribution in [3.63, 3.8) is 0 Å². The lowest BCUT2D eigenvalue weighted by atomic mass is 10.1. The zero-order valence-corrected chi connectivity index (χ0v) is 7.87. The van der Waals surface area contributed by atoms with Crippen LogP contribution in [0.2, 0.25) is 0 Å². The highest BCUT2D eigenvalue weighted by atomic mass is 79.9. The number of halogens is 1. The van der Waals surface area contributed by atoms with Crippen molar-refractivity contribution >= 4 is 15.9 Å². The summed E-state index contributed by atoms with van der Waals surface area (Å²) in [7, 11) is 0. The van der Waals surface area contributed by atoms with Gasteiger partial charge >= 0.3 is 0 Å². The molecule has 0 aliphatic carbocycles. The summed E-state index contributed by atoms with van der Waals surface area (Å²) < 4.78 is 0.315. The molecule has 0 rings (SSSR count). The van der Waals surface area contributed by atoms with E-state index in [0.717, 1.165) is 6.42 Å². The first-order valence-electron chi connectivity index (χ1n) is 3.36. The summed E-state index contributed by atoms with van der Waals surface area (Å²) in [5.74, 6) is 0. The maximum Gasteiger partial charge on any atom is 0.0201 e. The smallest absolute Gasteiger partial charge is 0.0201 e. The fraction of sp³-hybridized carbons (Fsp3) is 0.750. The molecule has 54 valence electrons. The van der Waals surface area contributed by atoms with E-state index in [4.69, 9.17) is 0 Å². The Labute approximate surface area is 66.5 Å². The molecular formula is C8H15Br. The minimum absolute atomic E-state index is 0.315. The van der Waals surface area contributed by atoms with Crippen LogP contribution < -0.4 is 0 Å². The van der Waals surface area contributed by atoms with Gasteiger partial charge in [0.25, 0.3) is 0 Å². The zero-order valence-electron chi connectivity index (χ0n) is 6.28. The molecular weight excluding hydrogens is 176 g/mol. The van der Waals surface area contributed by atoms with Gasteiger partial charge in [0.2, 0.25) is 0 Å². The van der Waals surface area contributed by atoms with Crippen molar-refractivity contribution in [2.45, 2.75) is 37.4 Å². The Kier molecular flexibility index (Phi) is 4.20. The normalized spacial score (nSPS) is 11.4. The van der Waals surface area contributed by atoms with Crippen LogP contribution in [0.3, 0.4) is 0 Å². The van der Waals surface area contributed by atoms with Crippen LogP contribution in [0.1, 0.15) is 33.1 Å². The lowest BCUT2D eigenvalue weighted by molar-refractivity contribution is 0.618. The predicted molar refractivity (Wildman–Crippen MR) is 47.1 cm³/mol. The number of hydrogen-bond donors (Lipinski definition) is 0. The van der Waals surface area contributed by atoms with E-state index >= 15 is 0 Å². The van der Waals surface area contributed by atoms with E-state index in [9.17, 15) is 0 Å². The van der Waals surface area contributed by atoms with Crippen LogP contribution in [0.15, 0.2) is 12.7 Å². The molecule has 1 heteroatoms. The zero-order chi connectivity index (χ0) is 7.33. The molecule has 0 aromatic heterocycles. The lowest BCUT2D eigenvalue weighted by Gasteiger charge is -2.14. The third-order valence-corrected chi connectivity index (χ3v) is 1.58. The Hall–Kier alpha value is 0.220. The fourth-order valence-electron chi connectivity index (χ4n) is 0.667. The van der Waals surface area contributed by atoms with Crippen LogP contribution in [0.5, 0.6) is 0 Å². The Balaban J connectivity index is 3.17. The monoisotopic (exact) mass is 190 g/mol. The molecule has 0 nitrogen and oxygen atoms in total. The molecule has 0 heterocycles. The van der Waals surface area contributed by atoms with Gasteiger partial charge in [0.05, 0.1) is 0 Å². The lowest BCUT2D eigenvalue weighted by Crippen LogP contribution is -2.07. The molecule has 0 fully saturated rings. The quantitative estimate of drug-likeness (QED) is 0.362. The Morgan fingerprint density at radius 1 is 1.56 bits per heavy atom. The molecule has 0 spiro atoms. The third kappa shape index (κ3) is 8.22. The molecule has 0 saturated carbocycles. The first-order chi connectivity index (χ1) is 4.06. The van der Waals surface area contributed by atoms with Crippen LogP contribution in [-0.2, 0) is 0 Å². The molecule has 0 unspecified atom stereocenters. The molecule has 0 bridgehead atoms. The molecule has 0 amide bonds. The number of unbranched alkanes of at least 4 members (excludes halogenated alkanes) is 1. The van der Waals surface area contributed by atoms with Gasteiger partial charge in [-0.1, -0.05) is 35.9 Å². The fourth-order valence-corrected chi connectivity index (χ4v) is 0.947. The molecule has 0 aliphatic heterocycles. The summed E-state index contributed by atoms with van der Waals surface area (Å²) in [5.41, 5.74) is 0. The van der Waals surface area contributed by atoms with Crippen molar-refractivity contribution in [1.29, 1.82) is 0 Å². The summed E-state index contributed by atoms with van der Waals surface area (Å²) in [5, 5.41) is 0. The minimum Gasteiger partial charge on any atom is -0.103 e.